The van der Waals surface area contributed by atoms with Gasteiger partial charge in [0.15, 0.2) is 11.5 Å². The molecule has 1 aromatic rings. The molecule has 0 aliphatic carbocycles. The summed E-state index contributed by atoms with van der Waals surface area (Å²) in [6.45, 7) is 1.35. The Kier molecular flexibility index (Phi) is 6.15. The molecular formula is C14H22N2O3. The number of nitrogens with one attached hydrogen (secondary N) is 1. The third-order valence-corrected chi connectivity index (χ3v) is 2.91. The van der Waals surface area contributed by atoms with Crippen LogP contribution in [0.3, 0.4) is 0 Å². The zero-order chi connectivity index (χ0) is 14.3. The third-order valence-electron chi connectivity index (χ3n) is 2.91. The van der Waals surface area contributed by atoms with E-state index >= 15 is 0 Å². The summed E-state index contributed by atoms with van der Waals surface area (Å²) in [4.78, 5) is 13.5. The van der Waals surface area contributed by atoms with Gasteiger partial charge in [-0.2, -0.15) is 0 Å². The van der Waals surface area contributed by atoms with Crippen molar-refractivity contribution < 1.29 is 14.6 Å². The zero-order valence-corrected chi connectivity index (χ0v) is 11.8. The second-order valence-electron chi connectivity index (χ2n) is 4.46. The topological polar surface area (TPSA) is 61.8 Å². The SMILES string of the molecule is CNCCCC(=O)N(C)Cc1ccc(O)c(OC)c1. The van der Waals surface area contributed by atoms with Gasteiger partial charge in [-0.15, -0.1) is 0 Å². The third kappa shape index (κ3) is 4.79. The van der Waals surface area contributed by atoms with Gasteiger partial charge < -0.3 is 20.1 Å². The van der Waals surface area contributed by atoms with Crippen LogP contribution in [0.15, 0.2) is 18.2 Å². The van der Waals surface area contributed by atoms with Crippen molar-refractivity contribution in [1.29, 1.82) is 0 Å². The van der Waals surface area contributed by atoms with E-state index in [9.17, 15) is 9.90 Å². The van der Waals surface area contributed by atoms with E-state index in [0.717, 1.165) is 18.5 Å². The molecule has 0 unspecified atom stereocenters. The summed E-state index contributed by atoms with van der Waals surface area (Å²) in [6.07, 6.45) is 1.37. The highest BCUT2D eigenvalue weighted by Crippen LogP contribution is 2.26. The molecule has 0 aromatic heterocycles. The Labute approximate surface area is 114 Å². The first-order chi connectivity index (χ1) is 9.08. The molecule has 0 radical (unpaired) electrons. The number of amides is 1. The van der Waals surface area contributed by atoms with E-state index in [0.29, 0.717) is 18.7 Å². The maximum Gasteiger partial charge on any atom is 0.222 e. The van der Waals surface area contributed by atoms with Crippen molar-refractivity contribution in [3.8, 4) is 11.5 Å². The predicted octanol–water partition coefficient (Wildman–Crippen LogP) is 1.36. The normalized spacial score (nSPS) is 10.3. The molecule has 19 heavy (non-hydrogen) atoms. The van der Waals surface area contributed by atoms with Crippen molar-refractivity contribution in [1.82, 2.24) is 10.2 Å². The molecule has 2 N–H and O–H groups in total. The molecule has 106 valence electrons. The summed E-state index contributed by atoms with van der Waals surface area (Å²) in [5.41, 5.74) is 0.930. The summed E-state index contributed by atoms with van der Waals surface area (Å²) in [5.74, 6) is 0.644. The molecule has 0 aliphatic rings. The monoisotopic (exact) mass is 266 g/mol. The Morgan fingerprint density at radius 2 is 2.21 bits per heavy atom. The lowest BCUT2D eigenvalue weighted by Gasteiger charge is -2.18. The first-order valence-corrected chi connectivity index (χ1v) is 6.33. The van der Waals surface area contributed by atoms with Gasteiger partial charge in [0.2, 0.25) is 5.91 Å². The van der Waals surface area contributed by atoms with Crippen molar-refractivity contribution in [3.05, 3.63) is 23.8 Å². The summed E-state index contributed by atoms with van der Waals surface area (Å²) < 4.78 is 5.05. The number of benzene rings is 1. The van der Waals surface area contributed by atoms with Crippen LogP contribution in [0, 0.1) is 0 Å². The largest absolute Gasteiger partial charge is 0.504 e. The highest BCUT2D eigenvalue weighted by atomic mass is 16.5. The molecule has 5 heteroatoms. The van der Waals surface area contributed by atoms with E-state index < -0.39 is 0 Å². The first-order valence-electron chi connectivity index (χ1n) is 6.33. The lowest BCUT2D eigenvalue weighted by Crippen LogP contribution is -2.26. The Balaban J connectivity index is 2.56. The van der Waals surface area contributed by atoms with Gasteiger partial charge in [-0.05, 0) is 37.7 Å². The van der Waals surface area contributed by atoms with E-state index in [4.69, 9.17) is 4.74 Å². The van der Waals surface area contributed by atoms with Crippen molar-refractivity contribution in [2.45, 2.75) is 19.4 Å². The average Bonchev–Trinajstić information content (AvgIpc) is 2.41. The minimum Gasteiger partial charge on any atom is -0.504 e. The van der Waals surface area contributed by atoms with E-state index in [1.54, 1.807) is 30.1 Å². The minimum absolute atomic E-state index is 0.106. The zero-order valence-electron chi connectivity index (χ0n) is 11.8. The average molecular weight is 266 g/mol. The van der Waals surface area contributed by atoms with Crippen LogP contribution in [0.4, 0.5) is 0 Å². The molecule has 0 fully saturated rings. The molecule has 0 aliphatic heterocycles. The first kappa shape index (κ1) is 15.3. The van der Waals surface area contributed by atoms with Gasteiger partial charge in [-0.3, -0.25) is 4.79 Å². The van der Waals surface area contributed by atoms with Crippen LogP contribution < -0.4 is 10.1 Å². The number of aromatic hydroxyl groups is 1. The van der Waals surface area contributed by atoms with Gasteiger partial charge >= 0.3 is 0 Å². The maximum atomic E-state index is 11.9. The molecule has 0 atom stereocenters. The Bertz CT molecular complexity index is 421. The fourth-order valence-corrected chi connectivity index (χ4v) is 1.79. The molecule has 1 amide bonds. The van der Waals surface area contributed by atoms with Gasteiger partial charge in [0.05, 0.1) is 7.11 Å². The quantitative estimate of drug-likeness (QED) is 0.732. The van der Waals surface area contributed by atoms with Gasteiger partial charge in [0, 0.05) is 20.0 Å². The van der Waals surface area contributed by atoms with Crippen LogP contribution in [-0.2, 0) is 11.3 Å². The van der Waals surface area contributed by atoms with Crippen molar-refractivity contribution in [3.63, 3.8) is 0 Å². The molecule has 1 aromatic carbocycles. The van der Waals surface area contributed by atoms with E-state index in [1.165, 1.54) is 7.11 Å². The highest BCUT2D eigenvalue weighted by molar-refractivity contribution is 5.75. The van der Waals surface area contributed by atoms with Crippen LogP contribution in [-0.4, -0.2) is 43.7 Å². The highest BCUT2D eigenvalue weighted by Gasteiger charge is 2.10. The van der Waals surface area contributed by atoms with Gasteiger partial charge in [-0.1, -0.05) is 6.07 Å². The number of hydrogen-bond donors (Lipinski definition) is 2. The number of nitrogens with zero attached hydrogens (tertiary/aromatic N) is 1. The van der Waals surface area contributed by atoms with Crippen LogP contribution in [0.1, 0.15) is 18.4 Å². The van der Waals surface area contributed by atoms with Crippen LogP contribution >= 0.6 is 0 Å². The van der Waals surface area contributed by atoms with Crippen LogP contribution in [0.2, 0.25) is 0 Å². The molecule has 0 bridgehead atoms. The number of methoxy groups -OCH3 is 1. The van der Waals surface area contributed by atoms with Gasteiger partial charge in [0.1, 0.15) is 0 Å². The number of phenols is 1. The maximum absolute atomic E-state index is 11.9. The predicted molar refractivity (Wildman–Crippen MR) is 74.3 cm³/mol. The Hall–Kier alpha value is -1.75. The lowest BCUT2D eigenvalue weighted by atomic mass is 10.2. The summed E-state index contributed by atoms with van der Waals surface area (Å²) >= 11 is 0. The fraction of sp³-hybridized carbons (Fsp3) is 0.500. The molecule has 5 nitrogen and oxygen atoms in total. The molecule has 0 saturated heterocycles. The second-order valence-corrected chi connectivity index (χ2v) is 4.46. The number of rotatable bonds is 7. The fourth-order valence-electron chi connectivity index (χ4n) is 1.79. The standard InChI is InChI=1S/C14H22N2O3/c1-15-8-4-5-14(18)16(2)10-11-6-7-12(17)13(9-11)19-3/h6-7,9,15,17H,4-5,8,10H2,1-3H3. The van der Waals surface area contributed by atoms with Crippen molar-refractivity contribution in [2.75, 3.05) is 27.7 Å². The van der Waals surface area contributed by atoms with E-state index in [-0.39, 0.29) is 11.7 Å². The minimum atomic E-state index is 0.106. The lowest BCUT2D eigenvalue weighted by molar-refractivity contribution is -0.130. The number of hydrogen-bond acceptors (Lipinski definition) is 4. The molecule has 0 spiro atoms. The van der Waals surface area contributed by atoms with Crippen molar-refractivity contribution >= 4 is 5.91 Å². The van der Waals surface area contributed by atoms with E-state index in [1.807, 2.05) is 7.05 Å². The molecular weight excluding hydrogens is 244 g/mol. The molecule has 1 rings (SSSR count). The Morgan fingerprint density at radius 1 is 1.47 bits per heavy atom. The van der Waals surface area contributed by atoms with Crippen molar-refractivity contribution in [2.24, 2.45) is 0 Å². The Morgan fingerprint density at radius 3 is 2.84 bits per heavy atom. The number of ether oxygens (including phenoxy) is 1. The van der Waals surface area contributed by atoms with Gasteiger partial charge in [0.25, 0.3) is 0 Å². The number of carbonyl (C=O) groups is 1. The summed E-state index contributed by atoms with van der Waals surface area (Å²) in [5, 5.41) is 12.5. The smallest absolute Gasteiger partial charge is 0.222 e. The van der Waals surface area contributed by atoms with Crippen LogP contribution in [0.5, 0.6) is 11.5 Å². The molecule has 0 heterocycles. The summed E-state index contributed by atoms with van der Waals surface area (Å²) in [6, 6.07) is 5.11. The second kappa shape index (κ2) is 7.63. The van der Waals surface area contributed by atoms with E-state index in [2.05, 4.69) is 5.32 Å². The number of carbonyl (C=O) groups excluding carboxylic acids is 1. The van der Waals surface area contributed by atoms with Crippen LogP contribution in [0.25, 0.3) is 0 Å². The van der Waals surface area contributed by atoms with Gasteiger partial charge in [-0.25, -0.2) is 0 Å². The number of phenolic OH excluding ortho intramolecular Hbond substituents is 1. The molecule has 0 saturated carbocycles. The summed E-state index contributed by atoms with van der Waals surface area (Å²) in [7, 11) is 5.16.